The molecule has 0 radical (unpaired) electrons. The van der Waals surface area contributed by atoms with E-state index in [1.807, 2.05) is 6.92 Å². The summed E-state index contributed by atoms with van der Waals surface area (Å²) < 4.78 is 4.69. The summed E-state index contributed by atoms with van der Waals surface area (Å²) in [5, 5.41) is 0. The van der Waals surface area contributed by atoms with E-state index in [4.69, 9.17) is 5.73 Å². The molecule has 0 aliphatic rings. The van der Waals surface area contributed by atoms with Crippen LogP contribution in [0.25, 0.3) is 0 Å². The molecular weight excluding hydrogens is 92.1 g/mol. The highest BCUT2D eigenvalue weighted by Gasteiger charge is 1.95. The number of nitrogens with one attached hydrogen (secondary N) is 1. The van der Waals surface area contributed by atoms with Gasteiger partial charge in [0.05, 0.1) is 0 Å². The Kier molecular flexibility index (Phi) is 0.749. The predicted molar refractivity (Wildman–Crippen MR) is 24.4 cm³/mol. The second-order valence-corrected chi connectivity index (χ2v) is 1.41. The maximum absolute atomic E-state index is 5.16. The Hall–Kier alpha value is -0.990. The average molecular weight is 99.1 g/mol. The molecule has 1 aromatic heterocycles. The number of nitrogens with two attached hydrogens (primary N) is 1. The van der Waals surface area contributed by atoms with E-state index >= 15 is 0 Å². The molecular formula is C4H7N2O+. The first-order valence-electron chi connectivity index (χ1n) is 2.02. The zero-order valence-electron chi connectivity index (χ0n) is 4.06. The van der Waals surface area contributed by atoms with Crippen molar-refractivity contribution < 1.29 is 9.40 Å². The van der Waals surface area contributed by atoms with Gasteiger partial charge < -0.3 is 4.42 Å². The first kappa shape index (κ1) is 4.18. The monoisotopic (exact) mass is 99.1 g/mol. The Labute approximate surface area is 41.2 Å². The molecule has 38 valence electrons. The van der Waals surface area contributed by atoms with Crippen LogP contribution in [0.2, 0.25) is 0 Å². The third-order valence-corrected chi connectivity index (χ3v) is 0.683. The maximum Gasteiger partial charge on any atom is 0.449 e. The number of oxazole rings is 1. The fourth-order valence-electron chi connectivity index (χ4n) is 0.405. The molecule has 1 aromatic rings. The SMILES string of the molecule is Cc1coc(N)[nH+]1. The van der Waals surface area contributed by atoms with Gasteiger partial charge in [0, 0.05) is 6.92 Å². The Morgan fingerprint density at radius 2 is 2.57 bits per heavy atom. The van der Waals surface area contributed by atoms with Crippen LogP contribution in [-0.4, -0.2) is 0 Å². The lowest BCUT2D eigenvalue weighted by atomic mass is 10.6. The molecule has 7 heavy (non-hydrogen) atoms. The molecule has 0 saturated carbocycles. The van der Waals surface area contributed by atoms with E-state index in [2.05, 4.69) is 9.40 Å². The van der Waals surface area contributed by atoms with Gasteiger partial charge in [-0.3, -0.25) is 5.73 Å². The van der Waals surface area contributed by atoms with Crippen LogP contribution in [-0.2, 0) is 0 Å². The highest BCUT2D eigenvalue weighted by molar-refractivity contribution is 4.97. The molecule has 0 fully saturated rings. The normalized spacial score (nSPS) is 9.29. The van der Waals surface area contributed by atoms with Crippen molar-refractivity contribution in [3.63, 3.8) is 0 Å². The van der Waals surface area contributed by atoms with Gasteiger partial charge in [-0.05, 0) is 0 Å². The minimum Gasteiger partial charge on any atom is -0.396 e. The van der Waals surface area contributed by atoms with Gasteiger partial charge in [0.2, 0.25) is 0 Å². The molecule has 0 saturated heterocycles. The van der Waals surface area contributed by atoms with E-state index in [1.165, 1.54) is 0 Å². The zero-order valence-corrected chi connectivity index (χ0v) is 4.06. The van der Waals surface area contributed by atoms with E-state index in [-0.39, 0.29) is 0 Å². The minimum atomic E-state index is 0.359. The topological polar surface area (TPSA) is 53.3 Å². The second-order valence-electron chi connectivity index (χ2n) is 1.41. The summed E-state index contributed by atoms with van der Waals surface area (Å²) in [6.45, 7) is 1.87. The van der Waals surface area contributed by atoms with E-state index in [9.17, 15) is 0 Å². The summed E-state index contributed by atoms with van der Waals surface area (Å²) in [5.41, 5.74) is 6.10. The van der Waals surface area contributed by atoms with Crippen LogP contribution >= 0.6 is 0 Å². The Bertz CT molecular complexity index is 142. The number of hydrogen-bond donors (Lipinski definition) is 1. The largest absolute Gasteiger partial charge is 0.449 e. The van der Waals surface area contributed by atoms with Crippen molar-refractivity contribution in [2.75, 3.05) is 5.73 Å². The van der Waals surface area contributed by atoms with Crippen molar-refractivity contribution in [3.05, 3.63) is 12.0 Å². The number of hydrogen-bond acceptors (Lipinski definition) is 2. The summed E-state index contributed by atoms with van der Waals surface area (Å²) >= 11 is 0. The molecule has 0 aromatic carbocycles. The first-order chi connectivity index (χ1) is 3.29. The number of H-pyrrole nitrogens is 1. The Morgan fingerprint density at radius 3 is 2.71 bits per heavy atom. The van der Waals surface area contributed by atoms with Crippen LogP contribution in [0.1, 0.15) is 5.69 Å². The molecule has 3 nitrogen and oxygen atoms in total. The smallest absolute Gasteiger partial charge is 0.396 e. The van der Waals surface area contributed by atoms with Gasteiger partial charge in [-0.1, -0.05) is 0 Å². The first-order valence-corrected chi connectivity index (χ1v) is 2.02. The van der Waals surface area contributed by atoms with Gasteiger partial charge >= 0.3 is 6.01 Å². The summed E-state index contributed by atoms with van der Waals surface area (Å²) in [6, 6.07) is 0.359. The molecule has 3 N–H and O–H groups in total. The van der Waals surface area contributed by atoms with Crippen molar-refractivity contribution in [2.24, 2.45) is 0 Å². The highest BCUT2D eigenvalue weighted by atomic mass is 16.4. The fraction of sp³-hybridized carbons (Fsp3) is 0.250. The van der Waals surface area contributed by atoms with Crippen molar-refractivity contribution in [1.82, 2.24) is 0 Å². The molecule has 1 heterocycles. The quantitative estimate of drug-likeness (QED) is 0.497. The standard InChI is InChI=1S/C4H6N2O/c1-3-2-7-4(5)6-3/h2H,1H3,(H2,5,6)/p+1. The summed E-state index contributed by atoms with van der Waals surface area (Å²) in [7, 11) is 0. The second kappa shape index (κ2) is 1.26. The molecule has 0 spiro atoms. The van der Waals surface area contributed by atoms with Crippen LogP contribution in [0.15, 0.2) is 10.7 Å². The van der Waals surface area contributed by atoms with Crippen molar-refractivity contribution in [2.45, 2.75) is 6.92 Å². The third kappa shape index (κ3) is 0.707. The highest BCUT2D eigenvalue weighted by Crippen LogP contribution is 1.91. The van der Waals surface area contributed by atoms with E-state index in [0.29, 0.717) is 6.01 Å². The number of anilines is 1. The molecule has 1 rings (SSSR count). The lowest BCUT2D eigenvalue weighted by Gasteiger charge is -1.62. The maximum atomic E-state index is 5.16. The van der Waals surface area contributed by atoms with Crippen LogP contribution in [0, 0.1) is 6.92 Å². The van der Waals surface area contributed by atoms with Crippen LogP contribution in [0.5, 0.6) is 0 Å². The molecule has 0 unspecified atom stereocenters. The lowest BCUT2D eigenvalue weighted by Crippen LogP contribution is -2.06. The molecule has 0 amide bonds. The van der Waals surface area contributed by atoms with E-state index < -0.39 is 0 Å². The van der Waals surface area contributed by atoms with Gasteiger partial charge in [-0.2, -0.15) is 0 Å². The van der Waals surface area contributed by atoms with Gasteiger partial charge in [-0.15, -0.1) is 0 Å². The van der Waals surface area contributed by atoms with Gasteiger partial charge in [0.15, 0.2) is 0 Å². The Balaban J connectivity index is 3.04. The third-order valence-electron chi connectivity index (χ3n) is 0.683. The van der Waals surface area contributed by atoms with Crippen molar-refractivity contribution in [3.8, 4) is 0 Å². The van der Waals surface area contributed by atoms with Crippen LogP contribution in [0.4, 0.5) is 6.01 Å². The lowest BCUT2D eigenvalue weighted by molar-refractivity contribution is -0.373. The van der Waals surface area contributed by atoms with Crippen LogP contribution in [0.3, 0.4) is 0 Å². The molecule has 3 heteroatoms. The number of nitrogen functional groups attached to an aromatic ring is 1. The number of rotatable bonds is 0. The summed E-state index contributed by atoms with van der Waals surface area (Å²) in [5.74, 6) is 0. The van der Waals surface area contributed by atoms with E-state index in [1.54, 1.807) is 6.26 Å². The van der Waals surface area contributed by atoms with Crippen molar-refractivity contribution in [1.29, 1.82) is 0 Å². The molecule has 0 aliphatic carbocycles. The van der Waals surface area contributed by atoms with E-state index in [0.717, 1.165) is 5.69 Å². The van der Waals surface area contributed by atoms with Gasteiger partial charge in [0.1, 0.15) is 12.0 Å². The number of aromatic nitrogens is 1. The molecule has 0 bridgehead atoms. The van der Waals surface area contributed by atoms with Gasteiger partial charge in [0.25, 0.3) is 0 Å². The fourth-order valence-corrected chi connectivity index (χ4v) is 0.405. The summed E-state index contributed by atoms with van der Waals surface area (Å²) in [6.07, 6.45) is 1.56. The Morgan fingerprint density at radius 1 is 1.86 bits per heavy atom. The average Bonchev–Trinajstić information content (AvgIpc) is 1.87. The summed E-state index contributed by atoms with van der Waals surface area (Å²) in [4.78, 5) is 2.75. The van der Waals surface area contributed by atoms with Gasteiger partial charge in [-0.25, -0.2) is 4.98 Å². The zero-order chi connectivity index (χ0) is 5.28. The van der Waals surface area contributed by atoms with Crippen molar-refractivity contribution >= 4 is 6.01 Å². The molecule has 0 aliphatic heterocycles. The number of aromatic amines is 1. The predicted octanol–water partition coefficient (Wildman–Crippen LogP) is -0.0157. The number of aryl methyl sites for hydroxylation is 1. The molecule has 0 atom stereocenters. The van der Waals surface area contributed by atoms with Crippen LogP contribution < -0.4 is 10.7 Å². The minimum absolute atomic E-state index is 0.359.